The van der Waals surface area contributed by atoms with Gasteiger partial charge in [0.1, 0.15) is 5.82 Å². The van der Waals surface area contributed by atoms with Crippen molar-refractivity contribution < 1.29 is 9.18 Å². The molecule has 0 radical (unpaired) electrons. The lowest BCUT2D eigenvalue weighted by atomic mass is 10.2. The van der Waals surface area contributed by atoms with Crippen LogP contribution < -0.4 is 5.32 Å². The Hall–Kier alpha value is -1.83. The van der Waals surface area contributed by atoms with E-state index in [1.54, 1.807) is 6.07 Å². The van der Waals surface area contributed by atoms with Crippen LogP contribution in [0.15, 0.2) is 29.6 Å². The molecule has 7 heteroatoms. The van der Waals surface area contributed by atoms with Crippen molar-refractivity contribution in [2.45, 2.75) is 13.5 Å². The normalized spacial score (nSPS) is 16.2. The van der Waals surface area contributed by atoms with E-state index in [0.717, 1.165) is 37.4 Å². The smallest absolute Gasteiger partial charge is 0.240 e. The summed E-state index contributed by atoms with van der Waals surface area (Å²) in [5.74, 6) is -0.190. The molecule has 1 saturated heterocycles. The van der Waals surface area contributed by atoms with Crippen LogP contribution in [0.1, 0.15) is 11.3 Å². The number of hydrogen-bond acceptors (Lipinski definition) is 5. The van der Waals surface area contributed by atoms with Gasteiger partial charge in [-0.1, -0.05) is 18.2 Å². The number of nitrogens with zero attached hydrogens (tertiary/aromatic N) is 3. The van der Waals surface area contributed by atoms with Gasteiger partial charge in [-0.2, -0.15) is 0 Å². The second-order valence-electron chi connectivity index (χ2n) is 5.99. The third kappa shape index (κ3) is 4.59. The third-order valence-electron chi connectivity index (χ3n) is 4.05. The summed E-state index contributed by atoms with van der Waals surface area (Å²) in [4.78, 5) is 20.6. The number of aromatic nitrogens is 1. The Kier molecular flexibility index (Phi) is 5.55. The summed E-state index contributed by atoms with van der Waals surface area (Å²) in [6, 6.07) is 6.89. The maximum absolute atomic E-state index is 13.7. The quantitative estimate of drug-likeness (QED) is 0.901. The van der Waals surface area contributed by atoms with Gasteiger partial charge in [0.15, 0.2) is 5.13 Å². The van der Waals surface area contributed by atoms with Crippen LogP contribution in [0.25, 0.3) is 0 Å². The minimum absolute atomic E-state index is 0.0353. The van der Waals surface area contributed by atoms with Gasteiger partial charge in [0.05, 0.1) is 12.2 Å². The predicted molar refractivity (Wildman–Crippen MR) is 93.6 cm³/mol. The molecule has 1 amide bonds. The van der Waals surface area contributed by atoms with Gasteiger partial charge in [0, 0.05) is 43.7 Å². The Bertz CT molecular complexity index is 697. The lowest BCUT2D eigenvalue weighted by Crippen LogP contribution is -2.48. The molecule has 0 saturated carbocycles. The summed E-state index contributed by atoms with van der Waals surface area (Å²) in [6.45, 7) is 6.16. The second kappa shape index (κ2) is 7.83. The Morgan fingerprint density at radius 1 is 1.25 bits per heavy atom. The molecule has 1 aromatic carbocycles. The zero-order valence-electron chi connectivity index (χ0n) is 13.7. The van der Waals surface area contributed by atoms with Crippen molar-refractivity contribution in [1.29, 1.82) is 0 Å². The number of rotatable bonds is 5. The average Bonchev–Trinajstić information content (AvgIpc) is 2.96. The second-order valence-corrected chi connectivity index (χ2v) is 6.84. The van der Waals surface area contributed by atoms with Crippen molar-refractivity contribution >= 4 is 22.4 Å². The number of halogens is 1. The number of amides is 1. The van der Waals surface area contributed by atoms with Gasteiger partial charge < -0.3 is 5.32 Å². The molecule has 0 bridgehead atoms. The molecule has 128 valence electrons. The Labute approximate surface area is 145 Å². The van der Waals surface area contributed by atoms with Crippen molar-refractivity contribution in [3.63, 3.8) is 0 Å². The van der Waals surface area contributed by atoms with Crippen molar-refractivity contribution in [3.05, 3.63) is 46.7 Å². The molecule has 1 N–H and O–H groups in total. The molecule has 2 heterocycles. The number of hydrogen-bond donors (Lipinski definition) is 1. The zero-order valence-corrected chi connectivity index (χ0v) is 14.5. The number of anilines is 1. The maximum Gasteiger partial charge on any atom is 0.240 e. The fraction of sp³-hybridized carbons (Fsp3) is 0.412. The zero-order chi connectivity index (χ0) is 16.9. The number of carbonyl (C=O) groups is 1. The van der Waals surface area contributed by atoms with E-state index in [9.17, 15) is 9.18 Å². The van der Waals surface area contributed by atoms with E-state index in [-0.39, 0.29) is 11.7 Å². The number of carbonyl (C=O) groups excluding carboxylic acids is 1. The molecule has 0 unspecified atom stereocenters. The highest BCUT2D eigenvalue weighted by molar-refractivity contribution is 7.13. The first-order valence-corrected chi connectivity index (χ1v) is 8.88. The Balaban J connectivity index is 1.43. The third-order valence-corrected chi connectivity index (χ3v) is 4.92. The van der Waals surface area contributed by atoms with Crippen LogP contribution in [0, 0.1) is 12.7 Å². The molecular formula is C17H21FN4OS. The highest BCUT2D eigenvalue weighted by Gasteiger charge is 2.20. The van der Waals surface area contributed by atoms with E-state index in [4.69, 9.17) is 0 Å². The Morgan fingerprint density at radius 3 is 2.62 bits per heavy atom. The molecule has 3 rings (SSSR count). The average molecular weight is 348 g/mol. The fourth-order valence-electron chi connectivity index (χ4n) is 2.75. The molecule has 1 aromatic heterocycles. The number of benzene rings is 1. The van der Waals surface area contributed by atoms with E-state index in [1.165, 1.54) is 17.4 Å². The van der Waals surface area contributed by atoms with Gasteiger partial charge in [0.25, 0.3) is 0 Å². The summed E-state index contributed by atoms with van der Waals surface area (Å²) in [5.41, 5.74) is 1.64. The molecule has 1 aliphatic rings. The van der Waals surface area contributed by atoms with E-state index >= 15 is 0 Å². The lowest BCUT2D eigenvalue weighted by Gasteiger charge is -2.34. The molecule has 0 aliphatic carbocycles. The van der Waals surface area contributed by atoms with Crippen molar-refractivity contribution in [2.75, 3.05) is 38.0 Å². The minimum Gasteiger partial charge on any atom is -0.301 e. The van der Waals surface area contributed by atoms with E-state index in [1.807, 2.05) is 24.4 Å². The molecule has 1 aliphatic heterocycles. The SMILES string of the molecule is Cc1csc(NC(=O)CN2CCN(Cc3ccccc3F)CC2)n1. The topological polar surface area (TPSA) is 48.5 Å². The van der Waals surface area contributed by atoms with E-state index < -0.39 is 0 Å². The van der Waals surface area contributed by atoms with Gasteiger partial charge in [-0.3, -0.25) is 14.6 Å². The van der Waals surface area contributed by atoms with Gasteiger partial charge in [-0.15, -0.1) is 11.3 Å². The first kappa shape index (κ1) is 17.0. The largest absolute Gasteiger partial charge is 0.301 e. The molecular weight excluding hydrogens is 327 g/mol. The van der Waals surface area contributed by atoms with E-state index in [2.05, 4.69) is 20.1 Å². The molecule has 24 heavy (non-hydrogen) atoms. The summed E-state index contributed by atoms with van der Waals surface area (Å²) in [7, 11) is 0. The highest BCUT2D eigenvalue weighted by Crippen LogP contribution is 2.15. The standard InChI is InChI=1S/C17H21FN4OS/c1-13-12-24-17(19-13)20-16(23)11-22-8-6-21(7-9-22)10-14-4-2-3-5-15(14)18/h2-5,12H,6-11H2,1H3,(H,19,20,23). The van der Waals surface area contributed by atoms with Gasteiger partial charge in [-0.05, 0) is 13.0 Å². The van der Waals surface area contributed by atoms with Crippen LogP contribution in [-0.2, 0) is 11.3 Å². The number of nitrogens with one attached hydrogen (secondary N) is 1. The van der Waals surface area contributed by atoms with Crippen LogP contribution in [0.3, 0.4) is 0 Å². The maximum atomic E-state index is 13.7. The molecule has 0 spiro atoms. The lowest BCUT2D eigenvalue weighted by molar-refractivity contribution is -0.117. The fourth-order valence-corrected chi connectivity index (χ4v) is 3.45. The molecule has 0 atom stereocenters. The number of thiazole rings is 1. The Morgan fingerprint density at radius 2 is 1.96 bits per heavy atom. The molecule has 5 nitrogen and oxygen atoms in total. The van der Waals surface area contributed by atoms with Crippen LogP contribution >= 0.6 is 11.3 Å². The summed E-state index contributed by atoms with van der Waals surface area (Å²) in [5, 5.41) is 5.39. The van der Waals surface area contributed by atoms with Crippen LogP contribution in [0.4, 0.5) is 9.52 Å². The highest BCUT2D eigenvalue weighted by atomic mass is 32.1. The van der Waals surface area contributed by atoms with Gasteiger partial charge in [-0.25, -0.2) is 9.37 Å². The van der Waals surface area contributed by atoms with Crippen molar-refractivity contribution in [1.82, 2.24) is 14.8 Å². The number of aryl methyl sites for hydroxylation is 1. The van der Waals surface area contributed by atoms with Crippen molar-refractivity contribution in [3.8, 4) is 0 Å². The molecule has 1 fully saturated rings. The minimum atomic E-state index is -0.155. The summed E-state index contributed by atoms with van der Waals surface area (Å²) >= 11 is 1.44. The summed E-state index contributed by atoms with van der Waals surface area (Å²) in [6.07, 6.45) is 0. The first-order valence-electron chi connectivity index (χ1n) is 8.00. The van der Waals surface area contributed by atoms with Crippen LogP contribution in [0.2, 0.25) is 0 Å². The van der Waals surface area contributed by atoms with Crippen molar-refractivity contribution in [2.24, 2.45) is 0 Å². The predicted octanol–water partition coefficient (Wildman–Crippen LogP) is 2.35. The van der Waals surface area contributed by atoms with Gasteiger partial charge >= 0.3 is 0 Å². The molecule has 2 aromatic rings. The first-order chi connectivity index (χ1) is 11.6. The summed E-state index contributed by atoms with van der Waals surface area (Å²) < 4.78 is 13.7. The van der Waals surface area contributed by atoms with Crippen LogP contribution in [0.5, 0.6) is 0 Å². The van der Waals surface area contributed by atoms with Crippen LogP contribution in [-0.4, -0.2) is 53.4 Å². The van der Waals surface area contributed by atoms with E-state index in [0.29, 0.717) is 18.2 Å². The monoisotopic (exact) mass is 348 g/mol. The number of piperazine rings is 1. The van der Waals surface area contributed by atoms with Gasteiger partial charge in [0.2, 0.25) is 5.91 Å².